The molecule has 0 bridgehead atoms. The quantitative estimate of drug-likeness (QED) is 0.818. The summed E-state index contributed by atoms with van der Waals surface area (Å²) in [6, 6.07) is 4.13. The molecule has 4 nitrogen and oxygen atoms in total. The van der Waals surface area contributed by atoms with Gasteiger partial charge >= 0.3 is 0 Å². The Hall–Kier alpha value is -1.55. The SMILES string of the molecule is Cc1ccc(C)c(OCC(NC2CC2)C(N)=O)c1C. The fourth-order valence-corrected chi connectivity index (χ4v) is 2.06. The average Bonchev–Trinajstić information content (AvgIpc) is 3.16. The van der Waals surface area contributed by atoms with Crippen LogP contribution in [0.15, 0.2) is 12.1 Å². The van der Waals surface area contributed by atoms with Crippen molar-refractivity contribution in [1.82, 2.24) is 5.32 Å². The highest BCUT2D eigenvalue weighted by Crippen LogP contribution is 2.26. The number of carbonyl (C=O) groups is 1. The second-order valence-corrected chi connectivity index (χ2v) is 5.36. The lowest BCUT2D eigenvalue weighted by Crippen LogP contribution is -2.46. The fraction of sp³-hybridized carbons (Fsp3) is 0.533. The molecule has 1 aliphatic carbocycles. The van der Waals surface area contributed by atoms with Crippen LogP contribution in [0.2, 0.25) is 0 Å². The number of benzene rings is 1. The van der Waals surface area contributed by atoms with Crippen molar-refractivity contribution in [2.75, 3.05) is 6.61 Å². The summed E-state index contributed by atoms with van der Waals surface area (Å²) in [6.07, 6.45) is 2.23. The predicted molar refractivity (Wildman–Crippen MR) is 75.3 cm³/mol. The number of carbonyl (C=O) groups excluding carboxylic acids is 1. The molecule has 1 aromatic carbocycles. The van der Waals surface area contributed by atoms with E-state index < -0.39 is 6.04 Å². The van der Waals surface area contributed by atoms with Crippen molar-refractivity contribution in [2.24, 2.45) is 5.73 Å². The van der Waals surface area contributed by atoms with Crippen molar-refractivity contribution in [1.29, 1.82) is 0 Å². The molecule has 1 aromatic rings. The first-order valence-electron chi connectivity index (χ1n) is 6.74. The van der Waals surface area contributed by atoms with Gasteiger partial charge < -0.3 is 15.8 Å². The molecule has 4 heteroatoms. The van der Waals surface area contributed by atoms with E-state index in [9.17, 15) is 4.79 Å². The van der Waals surface area contributed by atoms with Crippen molar-refractivity contribution >= 4 is 5.91 Å². The molecule has 0 radical (unpaired) electrons. The third-order valence-electron chi connectivity index (χ3n) is 3.63. The van der Waals surface area contributed by atoms with Crippen LogP contribution in [-0.2, 0) is 4.79 Å². The van der Waals surface area contributed by atoms with Crippen LogP contribution >= 0.6 is 0 Å². The molecular weight excluding hydrogens is 240 g/mol. The Morgan fingerprint density at radius 3 is 2.58 bits per heavy atom. The minimum absolute atomic E-state index is 0.289. The van der Waals surface area contributed by atoms with Crippen molar-refractivity contribution < 1.29 is 9.53 Å². The Bertz CT molecular complexity index is 481. The van der Waals surface area contributed by atoms with Crippen LogP contribution in [0.1, 0.15) is 29.5 Å². The zero-order valence-electron chi connectivity index (χ0n) is 11.8. The van der Waals surface area contributed by atoms with Gasteiger partial charge in [0.25, 0.3) is 0 Å². The van der Waals surface area contributed by atoms with Crippen LogP contribution in [0.25, 0.3) is 0 Å². The van der Waals surface area contributed by atoms with E-state index in [-0.39, 0.29) is 12.5 Å². The van der Waals surface area contributed by atoms with Crippen molar-refractivity contribution in [3.63, 3.8) is 0 Å². The number of nitrogens with two attached hydrogens (primary N) is 1. The van der Waals surface area contributed by atoms with Gasteiger partial charge in [-0.15, -0.1) is 0 Å². The number of hydrogen-bond acceptors (Lipinski definition) is 3. The summed E-state index contributed by atoms with van der Waals surface area (Å²) < 4.78 is 5.84. The first kappa shape index (κ1) is 13.9. The standard InChI is InChI=1S/C15H22N2O2/c1-9-4-5-10(2)14(11(9)3)19-8-13(15(16)18)17-12-6-7-12/h4-5,12-13,17H,6-8H2,1-3H3,(H2,16,18). The molecule has 1 atom stereocenters. The summed E-state index contributed by atoms with van der Waals surface area (Å²) in [5.41, 5.74) is 8.79. The molecule has 0 heterocycles. The molecule has 1 fully saturated rings. The van der Waals surface area contributed by atoms with Gasteiger partial charge in [0.1, 0.15) is 18.4 Å². The summed E-state index contributed by atoms with van der Waals surface area (Å²) in [5.74, 6) is 0.513. The Morgan fingerprint density at radius 1 is 1.37 bits per heavy atom. The number of hydrogen-bond donors (Lipinski definition) is 2. The second-order valence-electron chi connectivity index (χ2n) is 5.36. The van der Waals surface area contributed by atoms with E-state index in [2.05, 4.69) is 18.3 Å². The Kier molecular flexibility index (Phi) is 4.10. The van der Waals surface area contributed by atoms with Gasteiger partial charge in [0.15, 0.2) is 0 Å². The molecule has 2 rings (SSSR count). The van der Waals surface area contributed by atoms with E-state index in [4.69, 9.17) is 10.5 Å². The third-order valence-corrected chi connectivity index (χ3v) is 3.63. The molecule has 3 N–H and O–H groups in total. The van der Waals surface area contributed by atoms with Gasteiger partial charge in [-0.3, -0.25) is 4.79 Å². The summed E-state index contributed by atoms with van der Waals surface area (Å²) in [6.45, 7) is 6.38. The zero-order valence-corrected chi connectivity index (χ0v) is 11.8. The number of ether oxygens (including phenoxy) is 1. The first-order chi connectivity index (χ1) is 8.99. The molecule has 0 spiro atoms. The summed E-state index contributed by atoms with van der Waals surface area (Å²) >= 11 is 0. The van der Waals surface area contributed by atoms with Crippen LogP contribution in [0.3, 0.4) is 0 Å². The lowest BCUT2D eigenvalue weighted by atomic mass is 10.1. The van der Waals surface area contributed by atoms with E-state index in [1.807, 2.05) is 19.9 Å². The highest BCUT2D eigenvalue weighted by molar-refractivity contribution is 5.80. The van der Waals surface area contributed by atoms with Crippen LogP contribution in [0, 0.1) is 20.8 Å². The zero-order chi connectivity index (χ0) is 14.0. The van der Waals surface area contributed by atoms with E-state index >= 15 is 0 Å². The maximum absolute atomic E-state index is 11.4. The summed E-state index contributed by atoms with van der Waals surface area (Å²) in [4.78, 5) is 11.4. The Morgan fingerprint density at radius 2 is 2.00 bits per heavy atom. The van der Waals surface area contributed by atoms with Crippen LogP contribution in [-0.4, -0.2) is 24.6 Å². The normalized spacial score (nSPS) is 16.2. The first-order valence-corrected chi connectivity index (χ1v) is 6.74. The molecule has 0 aromatic heterocycles. The highest BCUT2D eigenvalue weighted by Gasteiger charge is 2.27. The number of primary amides is 1. The van der Waals surface area contributed by atoms with E-state index in [1.165, 1.54) is 5.56 Å². The molecule has 0 saturated heterocycles. The predicted octanol–water partition coefficient (Wildman–Crippen LogP) is 1.60. The summed E-state index contributed by atoms with van der Waals surface area (Å²) in [7, 11) is 0. The maximum Gasteiger partial charge on any atom is 0.238 e. The van der Waals surface area contributed by atoms with Gasteiger partial charge in [-0.2, -0.15) is 0 Å². The second kappa shape index (κ2) is 5.61. The molecule has 1 unspecified atom stereocenters. The largest absolute Gasteiger partial charge is 0.491 e. The molecule has 1 aliphatic rings. The number of aryl methyl sites for hydroxylation is 2. The monoisotopic (exact) mass is 262 g/mol. The molecule has 1 saturated carbocycles. The topological polar surface area (TPSA) is 64.3 Å². The fourth-order valence-electron chi connectivity index (χ4n) is 2.06. The number of nitrogens with one attached hydrogen (secondary N) is 1. The van der Waals surface area contributed by atoms with Gasteiger partial charge in [-0.25, -0.2) is 0 Å². The average molecular weight is 262 g/mol. The summed E-state index contributed by atoms with van der Waals surface area (Å²) in [5, 5.41) is 3.21. The Balaban J connectivity index is 2.03. The molecule has 0 aliphatic heterocycles. The highest BCUT2D eigenvalue weighted by atomic mass is 16.5. The van der Waals surface area contributed by atoms with Gasteiger partial charge in [0.05, 0.1) is 0 Å². The molecule has 19 heavy (non-hydrogen) atoms. The Labute approximate surface area is 114 Å². The number of amides is 1. The smallest absolute Gasteiger partial charge is 0.238 e. The van der Waals surface area contributed by atoms with Crippen molar-refractivity contribution in [3.05, 3.63) is 28.8 Å². The van der Waals surface area contributed by atoms with E-state index in [1.54, 1.807) is 0 Å². The minimum Gasteiger partial charge on any atom is -0.491 e. The van der Waals surface area contributed by atoms with Gasteiger partial charge in [0, 0.05) is 6.04 Å². The maximum atomic E-state index is 11.4. The number of rotatable bonds is 6. The van der Waals surface area contributed by atoms with Crippen LogP contribution in [0.4, 0.5) is 0 Å². The van der Waals surface area contributed by atoms with Crippen molar-refractivity contribution in [2.45, 2.75) is 45.7 Å². The van der Waals surface area contributed by atoms with Crippen LogP contribution in [0.5, 0.6) is 5.75 Å². The lowest BCUT2D eigenvalue weighted by Gasteiger charge is -2.19. The van der Waals surface area contributed by atoms with Crippen LogP contribution < -0.4 is 15.8 Å². The molecule has 1 amide bonds. The lowest BCUT2D eigenvalue weighted by molar-refractivity contribution is -0.120. The molecule has 104 valence electrons. The molecular formula is C15H22N2O2. The van der Waals surface area contributed by atoms with Gasteiger partial charge in [0.2, 0.25) is 5.91 Å². The third kappa shape index (κ3) is 3.47. The minimum atomic E-state index is -0.410. The van der Waals surface area contributed by atoms with E-state index in [0.29, 0.717) is 6.04 Å². The van der Waals surface area contributed by atoms with E-state index in [0.717, 1.165) is 29.7 Å². The van der Waals surface area contributed by atoms with Gasteiger partial charge in [-0.1, -0.05) is 12.1 Å². The van der Waals surface area contributed by atoms with Gasteiger partial charge in [-0.05, 0) is 50.3 Å². The van der Waals surface area contributed by atoms with Crippen molar-refractivity contribution in [3.8, 4) is 5.75 Å².